The molecule has 1 aromatic heterocycles. The molecule has 0 radical (unpaired) electrons. The van der Waals surface area contributed by atoms with Gasteiger partial charge in [-0.3, -0.25) is 4.79 Å². The van der Waals surface area contributed by atoms with E-state index in [1.807, 2.05) is 56.5 Å². The number of hydrogen-bond acceptors (Lipinski definition) is 4. The minimum Gasteiger partial charge on any atom is -0.487 e. The molecular formula is C15H18N2O2S. The Balaban J connectivity index is 1.91. The highest BCUT2D eigenvalue weighted by molar-refractivity contribution is 7.13. The highest BCUT2D eigenvalue weighted by Crippen LogP contribution is 2.21. The predicted molar refractivity (Wildman–Crippen MR) is 81.0 cm³/mol. The fourth-order valence-electron chi connectivity index (χ4n) is 1.39. The van der Waals surface area contributed by atoms with Crippen LogP contribution < -0.4 is 10.1 Å². The van der Waals surface area contributed by atoms with Crippen molar-refractivity contribution in [3.8, 4) is 5.75 Å². The average Bonchev–Trinajstić information content (AvgIpc) is 2.84. The zero-order valence-corrected chi connectivity index (χ0v) is 12.7. The van der Waals surface area contributed by atoms with Crippen LogP contribution in [0.25, 0.3) is 0 Å². The fraction of sp³-hybridized carbons (Fsp3) is 0.333. The molecule has 0 atom stereocenters. The summed E-state index contributed by atoms with van der Waals surface area (Å²) in [6.45, 7) is 6.01. The van der Waals surface area contributed by atoms with Crippen LogP contribution in [0.15, 0.2) is 35.7 Å². The molecule has 0 aliphatic carbocycles. The van der Waals surface area contributed by atoms with Crippen LogP contribution in [0.3, 0.4) is 0 Å². The van der Waals surface area contributed by atoms with Crippen molar-refractivity contribution >= 4 is 22.4 Å². The van der Waals surface area contributed by atoms with E-state index in [0.717, 1.165) is 11.4 Å². The Morgan fingerprint density at radius 1 is 1.30 bits per heavy atom. The molecule has 0 bridgehead atoms. The lowest BCUT2D eigenvalue weighted by atomic mass is 9.96. The molecule has 0 saturated carbocycles. The van der Waals surface area contributed by atoms with Crippen molar-refractivity contribution < 1.29 is 9.53 Å². The molecule has 2 aromatic rings. The van der Waals surface area contributed by atoms with E-state index >= 15 is 0 Å². The summed E-state index contributed by atoms with van der Waals surface area (Å²) < 4.78 is 5.61. The first kappa shape index (κ1) is 14.5. The van der Waals surface area contributed by atoms with Crippen LogP contribution in [0.1, 0.15) is 26.5 Å². The van der Waals surface area contributed by atoms with Gasteiger partial charge in [-0.05, 0) is 12.1 Å². The van der Waals surface area contributed by atoms with Crippen LogP contribution in [0.4, 0.5) is 5.13 Å². The summed E-state index contributed by atoms with van der Waals surface area (Å²) in [5.74, 6) is 0.767. The van der Waals surface area contributed by atoms with Gasteiger partial charge >= 0.3 is 0 Å². The van der Waals surface area contributed by atoms with E-state index in [-0.39, 0.29) is 5.91 Å². The number of nitrogens with zero attached hydrogens (tertiary/aromatic N) is 1. The van der Waals surface area contributed by atoms with Gasteiger partial charge in [0.1, 0.15) is 12.4 Å². The number of carbonyl (C=O) groups excluding carboxylic acids is 1. The summed E-state index contributed by atoms with van der Waals surface area (Å²) in [4.78, 5) is 16.2. The van der Waals surface area contributed by atoms with Crippen molar-refractivity contribution in [3.63, 3.8) is 0 Å². The third kappa shape index (κ3) is 4.06. The molecule has 1 aromatic carbocycles. The minimum atomic E-state index is -0.424. The second kappa shape index (κ2) is 6.05. The Bertz CT molecular complexity index is 573. The minimum absolute atomic E-state index is 0.0395. The molecule has 0 saturated heterocycles. The number of aromatic nitrogens is 1. The van der Waals surface area contributed by atoms with E-state index in [4.69, 9.17) is 4.74 Å². The van der Waals surface area contributed by atoms with Gasteiger partial charge < -0.3 is 10.1 Å². The normalized spacial score (nSPS) is 11.2. The third-order valence-electron chi connectivity index (χ3n) is 2.58. The highest BCUT2D eigenvalue weighted by atomic mass is 32.1. The van der Waals surface area contributed by atoms with E-state index in [1.54, 1.807) is 0 Å². The summed E-state index contributed by atoms with van der Waals surface area (Å²) >= 11 is 1.41. The zero-order valence-electron chi connectivity index (χ0n) is 11.8. The maximum Gasteiger partial charge on any atom is 0.231 e. The van der Waals surface area contributed by atoms with Crippen LogP contribution in [-0.4, -0.2) is 10.9 Å². The summed E-state index contributed by atoms with van der Waals surface area (Å²) in [5.41, 5.74) is 0.384. The van der Waals surface area contributed by atoms with Crippen molar-refractivity contribution in [1.29, 1.82) is 0 Å². The van der Waals surface area contributed by atoms with Crippen molar-refractivity contribution in [2.45, 2.75) is 27.4 Å². The molecule has 2 rings (SSSR count). The first-order chi connectivity index (χ1) is 9.45. The molecule has 1 heterocycles. The van der Waals surface area contributed by atoms with Gasteiger partial charge in [-0.2, -0.15) is 0 Å². The number of hydrogen-bond donors (Lipinski definition) is 1. The smallest absolute Gasteiger partial charge is 0.231 e. The number of rotatable bonds is 4. The van der Waals surface area contributed by atoms with Gasteiger partial charge in [0.15, 0.2) is 5.13 Å². The largest absolute Gasteiger partial charge is 0.487 e. The highest BCUT2D eigenvalue weighted by Gasteiger charge is 2.22. The van der Waals surface area contributed by atoms with Gasteiger partial charge in [0, 0.05) is 10.8 Å². The number of thiazole rings is 1. The number of benzene rings is 1. The molecule has 1 amide bonds. The van der Waals surface area contributed by atoms with Crippen molar-refractivity contribution in [3.05, 3.63) is 41.4 Å². The van der Waals surface area contributed by atoms with E-state index in [9.17, 15) is 4.79 Å². The molecule has 1 N–H and O–H groups in total. The number of anilines is 1. The summed E-state index contributed by atoms with van der Waals surface area (Å²) in [5, 5.41) is 5.31. The van der Waals surface area contributed by atoms with E-state index in [0.29, 0.717) is 11.7 Å². The van der Waals surface area contributed by atoms with Gasteiger partial charge in [0.05, 0.1) is 5.69 Å². The Labute approximate surface area is 122 Å². The molecule has 0 spiro atoms. The maximum absolute atomic E-state index is 11.8. The monoisotopic (exact) mass is 290 g/mol. The number of carbonyl (C=O) groups is 1. The van der Waals surface area contributed by atoms with Crippen LogP contribution in [0.5, 0.6) is 5.75 Å². The Kier molecular flexibility index (Phi) is 4.39. The average molecular weight is 290 g/mol. The van der Waals surface area contributed by atoms with Gasteiger partial charge in [0.2, 0.25) is 5.91 Å². The lowest BCUT2D eigenvalue weighted by molar-refractivity contribution is -0.123. The third-order valence-corrected chi connectivity index (χ3v) is 3.39. The van der Waals surface area contributed by atoms with Gasteiger partial charge in [-0.1, -0.05) is 39.0 Å². The molecule has 0 fully saturated rings. The first-order valence-electron chi connectivity index (χ1n) is 6.39. The van der Waals surface area contributed by atoms with Crippen molar-refractivity contribution in [2.75, 3.05) is 5.32 Å². The second-order valence-corrected chi connectivity index (χ2v) is 6.31. The first-order valence-corrected chi connectivity index (χ1v) is 7.27. The lowest BCUT2D eigenvalue weighted by Crippen LogP contribution is -2.27. The fourth-order valence-corrected chi connectivity index (χ4v) is 2.08. The SMILES string of the molecule is CC(C)(C)C(=O)Nc1nc(COc2ccccc2)cs1. The number of nitrogens with one attached hydrogen (secondary N) is 1. The van der Waals surface area contributed by atoms with Crippen molar-refractivity contribution in [1.82, 2.24) is 4.98 Å². The van der Waals surface area contributed by atoms with Crippen molar-refractivity contribution in [2.24, 2.45) is 5.41 Å². The second-order valence-electron chi connectivity index (χ2n) is 5.45. The summed E-state index contributed by atoms with van der Waals surface area (Å²) in [7, 11) is 0. The standard InChI is InChI=1S/C15H18N2O2S/c1-15(2,3)13(18)17-14-16-11(10-20-14)9-19-12-7-5-4-6-8-12/h4-8,10H,9H2,1-3H3,(H,16,17,18). The molecule has 106 valence electrons. The summed E-state index contributed by atoms with van der Waals surface area (Å²) in [6.07, 6.45) is 0. The maximum atomic E-state index is 11.8. The van der Waals surface area contributed by atoms with E-state index in [2.05, 4.69) is 10.3 Å². The summed E-state index contributed by atoms with van der Waals surface area (Å²) in [6, 6.07) is 9.58. The Morgan fingerprint density at radius 2 is 2.00 bits per heavy atom. The number of amides is 1. The van der Waals surface area contributed by atoms with E-state index < -0.39 is 5.41 Å². The van der Waals surface area contributed by atoms with E-state index in [1.165, 1.54) is 11.3 Å². The van der Waals surface area contributed by atoms with Crippen LogP contribution in [-0.2, 0) is 11.4 Å². The van der Waals surface area contributed by atoms with Gasteiger partial charge in [-0.15, -0.1) is 11.3 Å². The predicted octanol–water partition coefficient (Wildman–Crippen LogP) is 3.71. The van der Waals surface area contributed by atoms with Gasteiger partial charge in [0.25, 0.3) is 0 Å². The Hall–Kier alpha value is -1.88. The molecule has 0 unspecified atom stereocenters. The zero-order chi connectivity index (χ0) is 14.6. The quantitative estimate of drug-likeness (QED) is 0.934. The van der Waals surface area contributed by atoms with Gasteiger partial charge in [-0.25, -0.2) is 4.98 Å². The lowest BCUT2D eigenvalue weighted by Gasteiger charge is -2.15. The molecular weight excluding hydrogens is 272 g/mol. The van der Waals surface area contributed by atoms with Crippen LogP contribution in [0, 0.1) is 5.41 Å². The molecule has 0 aliphatic rings. The van der Waals surface area contributed by atoms with Crippen LogP contribution >= 0.6 is 11.3 Å². The molecule has 0 aliphatic heterocycles. The topological polar surface area (TPSA) is 51.2 Å². The molecule has 5 heteroatoms. The molecule has 4 nitrogen and oxygen atoms in total. The Morgan fingerprint density at radius 3 is 2.65 bits per heavy atom. The number of ether oxygens (including phenoxy) is 1. The number of para-hydroxylation sites is 1. The molecule has 20 heavy (non-hydrogen) atoms. The van der Waals surface area contributed by atoms with Crippen LogP contribution in [0.2, 0.25) is 0 Å².